The zero-order valence-corrected chi connectivity index (χ0v) is 13.4. The third kappa shape index (κ3) is 3.46. The van der Waals surface area contributed by atoms with Crippen LogP contribution in [0.5, 0.6) is 11.5 Å². The first-order chi connectivity index (χ1) is 11.6. The molecule has 1 aromatic rings. The van der Waals surface area contributed by atoms with Crippen molar-refractivity contribution in [3.63, 3.8) is 0 Å². The summed E-state index contributed by atoms with van der Waals surface area (Å²) < 4.78 is 16.3. The van der Waals surface area contributed by atoms with E-state index in [1.165, 1.54) is 0 Å². The molecule has 0 bridgehead atoms. The number of aliphatic carboxylic acids is 1. The maximum absolute atomic E-state index is 12.4. The van der Waals surface area contributed by atoms with E-state index in [2.05, 4.69) is 5.32 Å². The summed E-state index contributed by atoms with van der Waals surface area (Å²) in [4.78, 5) is 24.0. The second-order valence-corrected chi connectivity index (χ2v) is 6.09. The van der Waals surface area contributed by atoms with E-state index in [-0.39, 0.29) is 12.5 Å². The van der Waals surface area contributed by atoms with Crippen LogP contribution in [0.1, 0.15) is 29.6 Å². The van der Waals surface area contributed by atoms with Crippen LogP contribution < -0.4 is 14.8 Å². The molecule has 2 heterocycles. The first-order valence-corrected chi connectivity index (χ1v) is 8.10. The van der Waals surface area contributed by atoms with Crippen LogP contribution in [0.3, 0.4) is 0 Å². The lowest BCUT2D eigenvalue weighted by atomic mass is 9.80. The van der Waals surface area contributed by atoms with Crippen LogP contribution >= 0.6 is 0 Å². The molecule has 2 aliphatic rings. The topological polar surface area (TPSA) is 94.1 Å². The van der Waals surface area contributed by atoms with Crippen molar-refractivity contribution in [2.45, 2.75) is 19.3 Å². The van der Waals surface area contributed by atoms with Crippen LogP contribution in [0.15, 0.2) is 18.2 Å². The number of fused-ring (bicyclic) bond motifs is 1. The average molecular weight is 335 g/mol. The van der Waals surface area contributed by atoms with Crippen molar-refractivity contribution in [1.82, 2.24) is 5.32 Å². The Morgan fingerprint density at radius 1 is 1.08 bits per heavy atom. The lowest BCUT2D eigenvalue weighted by Crippen LogP contribution is -2.46. The molecule has 24 heavy (non-hydrogen) atoms. The molecule has 3 rings (SSSR count). The molecule has 0 aromatic heterocycles. The molecule has 0 saturated carbocycles. The predicted octanol–water partition coefficient (Wildman–Crippen LogP) is 1.46. The van der Waals surface area contributed by atoms with Gasteiger partial charge < -0.3 is 24.6 Å². The Morgan fingerprint density at radius 2 is 1.79 bits per heavy atom. The summed E-state index contributed by atoms with van der Waals surface area (Å²) in [7, 11) is 0. The van der Waals surface area contributed by atoms with Crippen LogP contribution in [0.2, 0.25) is 0 Å². The molecule has 0 atom stereocenters. The number of carbonyl (C=O) groups is 2. The normalized spacial score (nSPS) is 19.2. The van der Waals surface area contributed by atoms with Gasteiger partial charge in [-0.3, -0.25) is 9.59 Å². The van der Waals surface area contributed by atoms with Gasteiger partial charge in [-0.05, 0) is 31.0 Å². The number of carbonyl (C=O) groups excluding carboxylic acids is 1. The maximum atomic E-state index is 12.4. The fourth-order valence-corrected chi connectivity index (χ4v) is 2.88. The Kier molecular flexibility index (Phi) is 4.89. The van der Waals surface area contributed by atoms with Gasteiger partial charge in [-0.1, -0.05) is 0 Å². The summed E-state index contributed by atoms with van der Waals surface area (Å²) in [5.41, 5.74) is -0.536. The van der Waals surface area contributed by atoms with Crippen LogP contribution in [0, 0.1) is 5.41 Å². The Hall–Kier alpha value is -2.28. The molecular weight excluding hydrogens is 314 g/mol. The Balaban J connectivity index is 1.68. The molecule has 7 nitrogen and oxygen atoms in total. The number of amides is 1. The van der Waals surface area contributed by atoms with E-state index < -0.39 is 11.4 Å². The highest BCUT2D eigenvalue weighted by atomic mass is 16.5. The molecule has 1 fully saturated rings. The molecule has 2 N–H and O–H groups in total. The monoisotopic (exact) mass is 335 g/mol. The fourth-order valence-electron chi connectivity index (χ4n) is 2.88. The van der Waals surface area contributed by atoms with E-state index in [0.717, 1.165) is 6.42 Å². The molecule has 1 saturated heterocycles. The lowest BCUT2D eigenvalue weighted by molar-refractivity contribution is -0.154. The number of carboxylic acids is 1. The van der Waals surface area contributed by atoms with E-state index in [1.807, 2.05) is 0 Å². The second kappa shape index (κ2) is 7.09. The van der Waals surface area contributed by atoms with Gasteiger partial charge in [0.15, 0.2) is 11.5 Å². The zero-order chi connectivity index (χ0) is 17.0. The van der Waals surface area contributed by atoms with Crippen LogP contribution in [0.25, 0.3) is 0 Å². The minimum absolute atomic E-state index is 0.0823. The summed E-state index contributed by atoms with van der Waals surface area (Å²) in [5, 5.41) is 12.3. The fraction of sp³-hybridized carbons (Fsp3) is 0.529. The minimum atomic E-state index is -0.959. The Bertz CT molecular complexity index is 624. The number of nitrogens with one attached hydrogen (secondary N) is 1. The van der Waals surface area contributed by atoms with Crippen molar-refractivity contribution in [1.29, 1.82) is 0 Å². The Labute approximate surface area is 139 Å². The zero-order valence-electron chi connectivity index (χ0n) is 13.4. The molecule has 1 aromatic carbocycles. The third-order valence-corrected chi connectivity index (χ3v) is 4.50. The highest BCUT2D eigenvalue weighted by Gasteiger charge is 2.40. The SMILES string of the molecule is O=C(NCC1(C(=O)O)CCOCC1)c1ccc2c(c1)OCCCO2. The molecule has 0 radical (unpaired) electrons. The largest absolute Gasteiger partial charge is 0.490 e. The summed E-state index contributed by atoms with van der Waals surface area (Å²) in [5.74, 6) is -0.0582. The van der Waals surface area contributed by atoms with E-state index in [0.29, 0.717) is 56.3 Å². The van der Waals surface area contributed by atoms with E-state index in [9.17, 15) is 14.7 Å². The van der Waals surface area contributed by atoms with E-state index in [4.69, 9.17) is 14.2 Å². The second-order valence-electron chi connectivity index (χ2n) is 6.09. The van der Waals surface area contributed by atoms with Crippen molar-refractivity contribution in [3.05, 3.63) is 23.8 Å². The van der Waals surface area contributed by atoms with Crippen molar-refractivity contribution in [2.24, 2.45) is 5.41 Å². The average Bonchev–Trinajstić information content (AvgIpc) is 2.85. The quantitative estimate of drug-likeness (QED) is 0.865. The minimum Gasteiger partial charge on any atom is -0.490 e. The van der Waals surface area contributed by atoms with Gasteiger partial charge in [-0.25, -0.2) is 0 Å². The van der Waals surface area contributed by atoms with Crippen molar-refractivity contribution >= 4 is 11.9 Å². The van der Waals surface area contributed by atoms with Crippen molar-refractivity contribution in [2.75, 3.05) is 33.0 Å². The number of benzene rings is 1. The smallest absolute Gasteiger partial charge is 0.311 e. The third-order valence-electron chi connectivity index (χ3n) is 4.50. The van der Waals surface area contributed by atoms with Crippen molar-refractivity contribution < 1.29 is 28.9 Å². The predicted molar refractivity (Wildman–Crippen MR) is 84.5 cm³/mol. The maximum Gasteiger partial charge on any atom is 0.311 e. The standard InChI is InChI=1S/C17H21NO6/c19-15(18-11-17(16(20)21)4-8-22-9-5-17)12-2-3-13-14(10-12)24-7-1-6-23-13/h2-3,10H,1,4-9,11H2,(H,18,19)(H,20,21). The molecular formula is C17H21NO6. The van der Waals surface area contributed by atoms with Gasteiger partial charge in [0.05, 0.1) is 18.6 Å². The number of hydrogen-bond acceptors (Lipinski definition) is 5. The number of hydrogen-bond donors (Lipinski definition) is 2. The highest BCUT2D eigenvalue weighted by Crippen LogP contribution is 2.32. The molecule has 2 aliphatic heterocycles. The van der Waals surface area contributed by atoms with Gasteiger partial charge in [-0.15, -0.1) is 0 Å². The highest BCUT2D eigenvalue weighted by molar-refractivity contribution is 5.95. The molecule has 0 spiro atoms. The van der Waals surface area contributed by atoms with Crippen LogP contribution in [-0.4, -0.2) is 50.0 Å². The summed E-state index contributed by atoms with van der Waals surface area (Å²) in [6.07, 6.45) is 1.58. The number of rotatable bonds is 4. The molecule has 0 unspecified atom stereocenters. The molecule has 0 aliphatic carbocycles. The van der Waals surface area contributed by atoms with Gasteiger partial charge in [0.2, 0.25) is 0 Å². The van der Waals surface area contributed by atoms with E-state index >= 15 is 0 Å². The van der Waals surface area contributed by atoms with E-state index in [1.54, 1.807) is 18.2 Å². The molecule has 130 valence electrons. The summed E-state index contributed by atoms with van der Waals surface area (Å²) in [6, 6.07) is 4.99. The van der Waals surface area contributed by atoms with Gasteiger partial charge in [0, 0.05) is 31.7 Å². The summed E-state index contributed by atoms with van der Waals surface area (Å²) >= 11 is 0. The first kappa shape index (κ1) is 16.6. The van der Waals surface area contributed by atoms with Crippen molar-refractivity contribution in [3.8, 4) is 11.5 Å². The number of carboxylic acid groups (broad SMARTS) is 1. The first-order valence-electron chi connectivity index (χ1n) is 8.10. The van der Waals surface area contributed by atoms with Gasteiger partial charge >= 0.3 is 5.97 Å². The Morgan fingerprint density at radius 3 is 2.50 bits per heavy atom. The molecule has 1 amide bonds. The van der Waals surface area contributed by atoms with Crippen LogP contribution in [0.4, 0.5) is 0 Å². The van der Waals surface area contributed by atoms with Gasteiger partial charge in [0.1, 0.15) is 0 Å². The molecule has 7 heteroatoms. The summed E-state index contributed by atoms with van der Waals surface area (Å²) in [6.45, 7) is 2.00. The van der Waals surface area contributed by atoms with Gasteiger partial charge in [0.25, 0.3) is 5.91 Å². The lowest BCUT2D eigenvalue weighted by Gasteiger charge is -2.33. The van der Waals surface area contributed by atoms with Crippen LogP contribution in [-0.2, 0) is 9.53 Å². The van der Waals surface area contributed by atoms with Gasteiger partial charge in [-0.2, -0.15) is 0 Å². The number of ether oxygens (including phenoxy) is 3.